The number of aromatic nitrogens is 4. The van der Waals surface area contributed by atoms with E-state index in [0.717, 1.165) is 44.6 Å². The average Bonchev–Trinajstić information content (AvgIpc) is 4.16. The van der Waals surface area contributed by atoms with Crippen molar-refractivity contribution in [1.29, 1.82) is 0 Å². The molecule has 0 saturated carbocycles. The number of hydrogen-bond acceptors (Lipinski definition) is 9. The van der Waals surface area contributed by atoms with Crippen LogP contribution in [0.2, 0.25) is 0 Å². The van der Waals surface area contributed by atoms with Crippen molar-refractivity contribution >= 4 is 63.4 Å². The van der Waals surface area contributed by atoms with Crippen LogP contribution < -0.4 is 14.7 Å². The Balaban J connectivity index is 0.00000533. The first kappa shape index (κ1) is 41.6. The SMILES string of the molecule is O=[N+]([O-])c1cc([N+](=O)[O-])c(Oc2ccc(-c3c4nc(c(-c5ccccc5)c5ccc([n-]5)c(-c5ccccc5)c5nc(c(-c6ccccc6)c6ccc3[n-]6)C=C5)C=C4)cc2)c([N+](=O)[O-])c1.[Cu+2]. The quantitative estimate of drug-likeness (QED) is 0.0760. The van der Waals surface area contributed by atoms with Gasteiger partial charge in [-0.05, 0) is 80.9 Å². The van der Waals surface area contributed by atoms with Gasteiger partial charge in [-0.2, -0.15) is 0 Å². The number of benzene rings is 5. The molecule has 0 atom stereocenters. The molecule has 0 saturated heterocycles. The largest absolute Gasteiger partial charge is 2.00 e. The number of hydrogen-bond donors (Lipinski definition) is 0. The predicted molar refractivity (Wildman–Crippen MR) is 245 cm³/mol. The van der Waals surface area contributed by atoms with Crippen LogP contribution >= 0.6 is 0 Å². The molecule has 14 nitrogen and oxygen atoms in total. The Morgan fingerprint density at radius 2 is 0.738 bits per heavy atom. The second kappa shape index (κ2) is 17.2. The zero-order chi connectivity index (χ0) is 43.9. The first-order chi connectivity index (χ1) is 31.2. The minimum absolute atomic E-state index is 0. The zero-order valence-corrected chi connectivity index (χ0v) is 34.5. The van der Waals surface area contributed by atoms with Crippen molar-refractivity contribution in [3.63, 3.8) is 0 Å². The van der Waals surface area contributed by atoms with Gasteiger partial charge in [-0.1, -0.05) is 127 Å². The predicted octanol–water partition coefficient (Wildman–Crippen LogP) is 12.1. The van der Waals surface area contributed by atoms with E-state index in [1.54, 1.807) is 12.1 Å². The molecule has 65 heavy (non-hydrogen) atoms. The van der Waals surface area contributed by atoms with Crippen molar-refractivity contribution in [2.24, 2.45) is 0 Å². The second-order valence-electron chi connectivity index (χ2n) is 14.7. The molecule has 3 aromatic heterocycles. The van der Waals surface area contributed by atoms with E-state index in [1.165, 1.54) is 12.1 Å². The summed E-state index contributed by atoms with van der Waals surface area (Å²) in [5.41, 5.74) is 9.21. The summed E-state index contributed by atoms with van der Waals surface area (Å²) >= 11 is 0. The minimum atomic E-state index is -0.963. The fourth-order valence-electron chi connectivity index (χ4n) is 7.96. The van der Waals surface area contributed by atoms with Crippen molar-refractivity contribution in [2.75, 3.05) is 0 Å². The molecule has 0 aliphatic carbocycles. The minimum Gasteiger partial charge on any atom is -0.657 e. The number of rotatable bonds is 9. The third-order valence-electron chi connectivity index (χ3n) is 10.8. The van der Waals surface area contributed by atoms with Gasteiger partial charge in [0.05, 0.1) is 49.7 Å². The van der Waals surface area contributed by atoms with Gasteiger partial charge in [-0.25, -0.2) is 9.97 Å². The molecule has 8 bridgehead atoms. The Kier molecular flexibility index (Phi) is 11.0. The van der Waals surface area contributed by atoms with Gasteiger partial charge in [-0.3, -0.25) is 30.3 Å². The summed E-state index contributed by atoms with van der Waals surface area (Å²) in [7, 11) is 0. The molecule has 10 rings (SSSR count). The summed E-state index contributed by atoms with van der Waals surface area (Å²) in [4.78, 5) is 53.6. The van der Waals surface area contributed by atoms with Crippen LogP contribution in [0.4, 0.5) is 17.1 Å². The van der Waals surface area contributed by atoms with Gasteiger partial charge in [-0.15, -0.1) is 22.1 Å². The normalized spacial score (nSPS) is 11.5. The third kappa shape index (κ3) is 7.84. The monoisotopic (exact) mass is 902 g/mol. The Hall–Kier alpha value is -8.78. The van der Waals surface area contributed by atoms with Crippen molar-refractivity contribution in [2.45, 2.75) is 0 Å². The molecule has 0 N–H and O–H groups in total. The van der Waals surface area contributed by atoms with Crippen LogP contribution in [0.5, 0.6) is 11.5 Å². The average molecular weight is 903 g/mol. The van der Waals surface area contributed by atoms with Gasteiger partial charge in [0.25, 0.3) is 11.4 Å². The van der Waals surface area contributed by atoms with Crippen molar-refractivity contribution < 1.29 is 36.6 Å². The van der Waals surface area contributed by atoms with Gasteiger partial charge in [0, 0.05) is 0 Å². The van der Waals surface area contributed by atoms with Crippen molar-refractivity contribution in [3.05, 3.63) is 205 Å². The fraction of sp³-hybridized carbons (Fsp3) is 0. The number of nitrogens with zero attached hydrogens (tertiary/aromatic N) is 7. The molecule has 0 unspecified atom stereocenters. The maximum atomic E-state index is 12.0. The summed E-state index contributed by atoms with van der Waals surface area (Å²) < 4.78 is 5.78. The summed E-state index contributed by atoms with van der Waals surface area (Å²) in [6, 6.07) is 45.3. The van der Waals surface area contributed by atoms with Gasteiger partial charge in [0.2, 0.25) is 0 Å². The summed E-state index contributed by atoms with van der Waals surface area (Å²) in [5, 5.41) is 35.5. The molecule has 5 heterocycles. The van der Waals surface area contributed by atoms with Crippen LogP contribution in [-0.4, -0.2) is 24.7 Å². The number of fused-ring (bicyclic) bond motifs is 8. The van der Waals surface area contributed by atoms with Crippen LogP contribution in [-0.2, 0) is 17.1 Å². The first-order valence-corrected chi connectivity index (χ1v) is 19.8. The van der Waals surface area contributed by atoms with E-state index >= 15 is 0 Å². The van der Waals surface area contributed by atoms with E-state index in [-0.39, 0.29) is 22.8 Å². The van der Waals surface area contributed by atoms with Gasteiger partial charge in [0.1, 0.15) is 5.75 Å². The summed E-state index contributed by atoms with van der Waals surface area (Å²) in [6.07, 6.45) is 7.84. The van der Waals surface area contributed by atoms with E-state index < -0.39 is 37.6 Å². The zero-order valence-electron chi connectivity index (χ0n) is 33.5. The fourth-order valence-corrected chi connectivity index (χ4v) is 7.96. The number of nitro groups is 3. The van der Waals surface area contributed by atoms with Gasteiger partial charge >= 0.3 is 28.4 Å². The molecule has 2 aliphatic rings. The van der Waals surface area contributed by atoms with E-state index in [4.69, 9.17) is 24.7 Å². The van der Waals surface area contributed by atoms with Gasteiger partial charge < -0.3 is 14.7 Å². The third-order valence-corrected chi connectivity index (χ3v) is 10.8. The number of non-ortho nitro benzene ring substituents is 1. The maximum Gasteiger partial charge on any atom is 2.00 e. The number of ether oxygens (including phenoxy) is 1. The molecule has 2 aliphatic heterocycles. The van der Waals surface area contributed by atoms with E-state index in [1.807, 2.05) is 127 Å². The molecule has 5 aromatic carbocycles. The van der Waals surface area contributed by atoms with Crippen LogP contribution in [0.15, 0.2) is 152 Å². The van der Waals surface area contributed by atoms with E-state index in [9.17, 15) is 30.3 Å². The first-order valence-electron chi connectivity index (χ1n) is 19.8. The topological polar surface area (TPSA) is 193 Å². The van der Waals surface area contributed by atoms with E-state index in [0.29, 0.717) is 56.9 Å². The standard InChI is InChI=1S/C50H29N7O7.Cu/c58-55(59)34-28-44(56(60)61)50(45(29-34)57(62)63)64-35-18-16-33(17-19-35)49-42-26-24-40(53-42)47(31-12-6-2-7-13-31)38-22-20-36(51-38)46(30-10-4-1-5-11-30)37-21-23-39(52-37)48(32-14-8-3-9-15-32)41-25-27-43(49)54-41;/h1-29H;/q-2;+2. The van der Waals surface area contributed by atoms with Crippen LogP contribution in [0, 0.1) is 30.3 Å². The molecule has 0 amide bonds. The van der Waals surface area contributed by atoms with Crippen molar-refractivity contribution in [1.82, 2.24) is 19.9 Å². The molecule has 0 spiro atoms. The molecule has 15 heteroatoms. The van der Waals surface area contributed by atoms with Crippen LogP contribution in [0.3, 0.4) is 0 Å². The Labute approximate surface area is 379 Å². The Morgan fingerprint density at radius 1 is 0.415 bits per heavy atom. The van der Waals surface area contributed by atoms with Crippen molar-refractivity contribution in [3.8, 4) is 56.0 Å². The second-order valence-corrected chi connectivity index (χ2v) is 14.7. The molecule has 1 radical (unpaired) electrons. The number of nitro benzene ring substituents is 3. The smallest absolute Gasteiger partial charge is 0.657 e. The van der Waals surface area contributed by atoms with E-state index in [2.05, 4.69) is 12.1 Å². The van der Waals surface area contributed by atoms with Gasteiger partial charge in [0.15, 0.2) is 0 Å². The molecular formula is C50H29CuN7O7. The summed E-state index contributed by atoms with van der Waals surface area (Å²) in [5.74, 6) is -0.738. The maximum absolute atomic E-state index is 12.0. The molecule has 317 valence electrons. The Bertz CT molecular complexity index is 3370. The van der Waals surface area contributed by atoms with Crippen LogP contribution in [0.25, 0.3) is 90.9 Å². The Morgan fingerprint density at radius 3 is 1.05 bits per heavy atom. The summed E-state index contributed by atoms with van der Waals surface area (Å²) in [6.45, 7) is 0. The molecular weight excluding hydrogens is 874 g/mol. The molecule has 8 aromatic rings. The van der Waals surface area contributed by atoms with Crippen LogP contribution in [0.1, 0.15) is 22.8 Å². The molecule has 0 fully saturated rings.